The van der Waals surface area contributed by atoms with Crippen molar-refractivity contribution >= 4 is 0 Å². The van der Waals surface area contributed by atoms with Crippen LogP contribution in [-0.4, -0.2) is 16.2 Å². The second-order valence-electron chi connectivity index (χ2n) is 3.32. The summed E-state index contributed by atoms with van der Waals surface area (Å²) in [5, 5.41) is 9.26. The van der Waals surface area contributed by atoms with E-state index in [0.717, 1.165) is 17.0 Å². The maximum absolute atomic E-state index is 9.26. The summed E-state index contributed by atoms with van der Waals surface area (Å²) in [5.41, 5.74) is 8.90. The van der Waals surface area contributed by atoms with Gasteiger partial charge in [-0.05, 0) is 32.4 Å². The molecule has 0 aliphatic heterocycles. The van der Waals surface area contributed by atoms with Crippen LogP contribution < -0.4 is 5.73 Å². The topological polar surface area (TPSA) is 62.0 Å². The van der Waals surface area contributed by atoms with Crippen LogP contribution in [0, 0.1) is 13.8 Å². The predicted molar refractivity (Wildman–Crippen MR) is 48.9 cm³/mol. The van der Waals surface area contributed by atoms with Crippen molar-refractivity contribution in [2.24, 2.45) is 5.73 Å². The van der Waals surface area contributed by atoms with Crippen molar-refractivity contribution in [1.82, 2.24) is 4.98 Å². The highest BCUT2D eigenvalue weighted by Crippen LogP contribution is 2.18. The molecule has 0 amide bonds. The Bertz CT molecular complexity index is 265. The van der Waals surface area contributed by atoms with Crippen molar-refractivity contribution in [1.29, 1.82) is 0 Å². The van der Waals surface area contributed by atoms with Gasteiger partial charge in [-0.15, -0.1) is 0 Å². The molecule has 2 atom stereocenters. The van der Waals surface area contributed by atoms with E-state index in [1.54, 1.807) is 6.92 Å². The lowest BCUT2D eigenvalue weighted by Crippen LogP contribution is -2.24. The Hall–Kier alpha value is -0.800. The molecule has 1 rings (SSSR count). The van der Waals surface area contributed by atoms with Crippen LogP contribution in [0.15, 0.2) is 6.07 Å². The van der Waals surface area contributed by atoms with E-state index < -0.39 is 6.10 Å². The molecule has 0 spiro atoms. The van der Waals surface area contributed by atoms with Gasteiger partial charge < -0.3 is 15.8 Å². The zero-order valence-electron chi connectivity index (χ0n) is 7.76. The SMILES string of the molecule is Cc1cc(C)c([C@H](N)[C@@H](C)O)[nH]1. The predicted octanol–water partition coefficient (Wildman–Crippen LogP) is 1.01. The van der Waals surface area contributed by atoms with Crippen LogP contribution in [0.3, 0.4) is 0 Å². The first-order valence-corrected chi connectivity index (χ1v) is 4.12. The van der Waals surface area contributed by atoms with E-state index in [-0.39, 0.29) is 6.04 Å². The highest BCUT2D eigenvalue weighted by molar-refractivity contribution is 5.26. The molecule has 0 aromatic carbocycles. The molecule has 68 valence electrons. The molecule has 4 N–H and O–H groups in total. The van der Waals surface area contributed by atoms with Gasteiger partial charge in [0.25, 0.3) is 0 Å². The summed E-state index contributed by atoms with van der Waals surface area (Å²) in [6, 6.07) is 1.72. The zero-order valence-corrected chi connectivity index (χ0v) is 7.76. The minimum Gasteiger partial charge on any atom is -0.391 e. The van der Waals surface area contributed by atoms with E-state index in [0.29, 0.717) is 0 Å². The van der Waals surface area contributed by atoms with Crippen LogP contribution in [0.1, 0.15) is 29.9 Å². The lowest BCUT2D eigenvalue weighted by Gasteiger charge is -2.14. The number of rotatable bonds is 2. The first-order valence-electron chi connectivity index (χ1n) is 4.12. The highest BCUT2D eigenvalue weighted by Gasteiger charge is 2.15. The number of nitrogens with two attached hydrogens (primary N) is 1. The number of aliphatic hydroxyl groups excluding tert-OH is 1. The first-order chi connectivity index (χ1) is 5.52. The Labute approximate surface area is 72.6 Å². The van der Waals surface area contributed by atoms with Gasteiger partial charge >= 0.3 is 0 Å². The fourth-order valence-corrected chi connectivity index (χ4v) is 1.34. The number of H-pyrrole nitrogens is 1. The number of aromatic nitrogens is 1. The summed E-state index contributed by atoms with van der Waals surface area (Å²) in [6.45, 7) is 5.66. The second kappa shape index (κ2) is 3.29. The highest BCUT2D eigenvalue weighted by atomic mass is 16.3. The summed E-state index contributed by atoms with van der Waals surface area (Å²) in [6.07, 6.45) is -0.512. The van der Waals surface area contributed by atoms with Crippen molar-refractivity contribution in [3.05, 3.63) is 23.0 Å². The third kappa shape index (κ3) is 1.68. The fourth-order valence-electron chi connectivity index (χ4n) is 1.34. The third-order valence-electron chi connectivity index (χ3n) is 2.04. The number of hydrogen-bond donors (Lipinski definition) is 3. The van der Waals surface area contributed by atoms with E-state index >= 15 is 0 Å². The van der Waals surface area contributed by atoms with Gasteiger partial charge in [0.05, 0.1) is 12.1 Å². The molecule has 0 unspecified atom stereocenters. The molecule has 3 heteroatoms. The Morgan fingerprint density at radius 2 is 2.08 bits per heavy atom. The Kier molecular flexibility index (Phi) is 2.55. The van der Waals surface area contributed by atoms with E-state index in [9.17, 15) is 5.11 Å². The molecule has 0 saturated carbocycles. The van der Waals surface area contributed by atoms with E-state index in [2.05, 4.69) is 4.98 Å². The van der Waals surface area contributed by atoms with E-state index in [1.165, 1.54) is 0 Å². The molecular weight excluding hydrogens is 152 g/mol. The van der Waals surface area contributed by atoms with Gasteiger partial charge in [0.1, 0.15) is 0 Å². The Balaban J connectivity index is 2.94. The van der Waals surface area contributed by atoms with Gasteiger partial charge in [0.2, 0.25) is 0 Å². The standard InChI is InChI=1S/C9H16N2O/c1-5-4-6(2)11-9(5)8(10)7(3)12/h4,7-8,11-12H,10H2,1-3H3/t7-,8-/m1/s1. The lowest BCUT2D eigenvalue weighted by molar-refractivity contribution is 0.162. The van der Waals surface area contributed by atoms with Crippen LogP contribution in [0.25, 0.3) is 0 Å². The fraction of sp³-hybridized carbons (Fsp3) is 0.556. The largest absolute Gasteiger partial charge is 0.391 e. The molecular formula is C9H16N2O. The van der Waals surface area contributed by atoms with Gasteiger partial charge in [-0.3, -0.25) is 0 Å². The molecule has 3 nitrogen and oxygen atoms in total. The number of hydrogen-bond acceptors (Lipinski definition) is 2. The number of aryl methyl sites for hydroxylation is 2. The molecule has 0 aliphatic carbocycles. The second-order valence-corrected chi connectivity index (χ2v) is 3.32. The Morgan fingerprint density at radius 3 is 2.42 bits per heavy atom. The van der Waals surface area contributed by atoms with Gasteiger partial charge in [-0.1, -0.05) is 0 Å². The molecule has 12 heavy (non-hydrogen) atoms. The van der Waals surface area contributed by atoms with Gasteiger partial charge in [-0.2, -0.15) is 0 Å². The molecule has 1 aromatic rings. The maximum Gasteiger partial charge on any atom is 0.0719 e. The van der Waals surface area contributed by atoms with Crippen molar-refractivity contribution in [3.63, 3.8) is 0 Å². The van der Waals surface area contributed by atoms with Crippen molar-refractivity contribution in [2.45, 2.75) is 32.9 Å². The van der Waals surface area contributed by atoms with Crippen LogP contribution in [0.5, 0.6) is 0 Å². The minimum absolute atomic E-state index is 0.307. The lowest BCUT2D eigenvalue weighted by atomic mass is 10.1. The maximum atomic E-state index is 9.26. The summed E-state index contributed by atoms with van der Waals surface area (Å²) >= 11 is 0. The number of aliphatic hydroxyl groups is 1. The van der Waals surface area contributed by atoms with Crippen LogP contribution in [-0.2, 0) is 0 Å². The third-order valence-corrected chi connectivity index (χ3v) is 2.04. The number of nitrogens with one attached hydrogen (secondary N) is 1. The molecule has 0 fully saturated rings. The smallest absolute Gasteiger partial charge is 0.0719 e. The average molecular weight is 168 g/mol. The van der Waals surface area contributed by atoms with Crippen LogP contribution >= 0.6 is 0 Å². The normalized spacial score (nSPS) is 16.1. The van der Waals surface area contributed by atoms with Crippen LogP contribution in [0.4, 0.5) is 0 Å². The molecule has 0 radical (unpaired) electrons. The van der Waals surface area contributed by atoms with Gasteiger partial charge in [0, 0.05) is 11.4 Å². The van der Waals surface area contributed by atoms with E-state index in [4.69, 9.17) is 5.73 Å². The van der Waals surface area contributed by atoms with Crippen molar-refractivity contribution in [3.8, 4) is 0 Å². The summed E-state index contributed by atoms with van der Waals surface area (Å²) in [5.74, 6) is 0. The molecule has 1 heterocycles. The zero-order chi connectivity index (χ0) is 9.30. The minimum atomic E-state index is -0.512. The molecule has 0 aliphatic rings. The van der Waals surface area contributed by atoms with Crippen molar-refractivity contribution in [2.75, 3.05) is 0 Å². The number of aromatic amines is 1. The van der Waals surface area contributed by atoms with Crippen molar-refractivity contribution < 1.29 is 5.11 Å². The summed E-state index contributed by atoms with van der Waals surface area (Å²) < 4.78 is 0. The van der Waals surface area contributed by atoms with Crippen LogP contribution in [0.2, 0.25) is 0 Å². The molecule has 0 saturated heterocycles. The summed E-state index contributed by atoms with van der Waals surface area (Å²) in [7, 11) is 0. The first kappa shape index (κ1) is 9.29. The monoisotopic (exact) mass is 168 g/mol. The summed E-state index contributed by atoms with van der Waals surface area (Å²) in [4.78, 5) is 3.14. The van der Waals surface area contributed by atoms with E-state index in [1.807, 2.05) is 19.9 Å². The van der Waals surface area contributed by atoms with Gasteiger partial charge in [-0.25, -0.2) is 0 Å². The van der Waals surface area contributed by atoms with Gasteiger partial charge in [0.15, 0.2) is 0 Å². The average Bonchev–Trinajstić information content (AvgIpc) is 2.28. The molecule has 0 bridgehead atoms. The quantitative estimate of drug-likeness (QED) is 0.617. The molecule has 1 aromatic heterocycles. The Morgan fingerprint density at radius 1 is 1.50 bits per heavy atom.